The van der Waals surface area contributed by atoms with Crippen LogP contribution in [0.15, 0.2) is 0 Å². The zero-order valence-electron chi connectivity index (χ0n) is 11.8. The van der Waals surface area contributed by atoms with Crippen molar-refractivity contribution in [2.75, 3.05) is 40.1 Å². The van der Waals surface area contributed by atoms with Crippen molar-refractivity contribution in [3.63, 3.8) is 0 Å². The molecule has 0 bridgehead atoms. The number of amides is 1. The number of carbonyl (C=O) groups is 1. The van der Waals surface area contributed by atoms with Crippen LogP contribution in [-0.4, -0.2) is 64.2 Å². The van der Waals surface area contributed by atoms with Crippen molar-refractivity contribution in [2.24, 2.45) is 0 Å². The van der Waals surface area contributed by atoms with E-state index in [9.17, 15) is 4.79 Å². The van der Waals surface area contributed by atoms with Gasteiger partial charge >= 0.3 is 0 Å². The Labute approximate surface area is 121 Å². The van der Waals surface area contributed by atoms with Crippen LogP contribution in [0.25, 0.3) is 0 Å². The summed E-state index contributed by atoms with van der Waals surface area (Å²) in [5.74, 6) is -0.0370. The van der Waals surface area contributed by atoms with Gasteiger partial charge in [0.25, 0.3) is 0 Å². The Morgan fingerprint density at radius 2 is 2.26 bits per heavy atom. The van der Waals surface area contributed by atoms with Crippen LogP contribution in [0.4, 0.5) is 0 Å². The van der Waals surface area contributed by atoms with E-state index in [1.165, 1.54) is 0 Å². The van der Waals surface area contributed by atoms with Crippen LogP contribution in [0.5, 0.6) is 0 Å². The summed E-state index contributed by atoms with van der Waals surface area (Å²) in [5, 5.41) is 6.06. The van der Waals surface area contributed by atoms with E-state index in [0.29, 0.717) is 33.0 Å². The zero-order valence-corrected chi connectivity index (χ0v) is 12.6. The van der Waals surface area contributed by atoms with Gasteiger partial charge in [0.1, 0.15) is 6.04 Å². The molecule has 0 aromatic rings. The van der Waals surface area contributed by atoms with Gasteiger partial charge < -0.3 is 24.8 Å². The maximum absolute atomic E-state index is 12.0. The second-order valence-corrected chi connectivity index (χ2v) is 4.49. The predicted molar refractivity (Wildman–Crippen MR) is 74.8 cm³/mol. The number of methoxy groups -OCH3 is 1. The maximum atomic E-state index is 12.0. The first kappa shape index (κ1) is 18.6. The Kier molecular flexibility index (Phi) is 10.2. The van der Waals surface area contributed by atoms with Crippen LogP contribution in [0, 0.1) is 0 Å². The molecule has 0 aromatic heterocycles. The molecular weight excluding hydrogens is 272 g/mol. The van der Waals surface area contributed by atoms with Crippen molar-refractivity contribution in [3.8, 4) is 0 Å². The molecule has 1 unspecified atom stereocenters. The molecule has 114 valence electrons. The van der Waals surface area contributed by atoms with Gasteiger partial charge in [-0.25, -0.2) is 0 Å². The van der Waals surface area contributed by atoms with Crippen LogP contribution >= 0.6 is 12.4 Å². The maximum Gasteiger partial charge on any atom is 0.240 e. The highest BCUT2D eigenvalue weighted by Crippen LogP contribution is 2.04. The minimum absolute atomic E-state index is 0. The largest absolute Gasteiger partial charge is 0.382 e. The third kappa shape index (κ3) is 7.08. The lowest BCUT2D eigenvalue weighted by atomic mass is 10.1. The van der Waals surface area contributed by atoms with Crippen LogP contribution in [0.2, 0.25) is 0 Å². The summed E-state index contributed by atoms with van der Waals surface area (Å²) in [5.41, 5.74) is 0. The van der Waals surface area contributed by atoms with Gasteiger partial charge in [-0.15, -0.1) is 12.4 Å². The highest BCUT2D eigenvalue weighted by Gasteiger charge is 2.28. The number of morpholine rings is 1. The summed E-state index contributed by atoms with van der Waals surface area (Å²) in [6.07, 6.45) is -0.0969. The first-order valence-electron chi connectivity index (χ1n) is 6.37. The summed E-state index contributed by atoms with van der Waals surface area (Å²) >= 11 is 0. The average molecular weight is 297 g/mol. The number of hydrogen-bond donors (Lipinski definition) is 2. The van der Waals surface area contributed by atoms with Gasteiger partial charge in [-0.2, -0.15) is 0 Å². The number of carbonyl (C=O) groups excluding carboxylic acids is 1. The molecule has 0 aliphatic carbocycles. The third-order valence-corrected chi connectivity index (χ3v) is 2.79. The molecule has 0 radical (unpaired) electrons. The molecule has 0 aromatic carbocycles. The van der Waals surface area contributed by atoms with Crippen LogP contribution in [0.1, 0.15) is 13.8 Å². The van der Waals surface area contributed by atoms with Crippen LogP contribution in [-0.2, 0) is 19.0 Å². The molecule has 1 fully saturated rings. The zero-order chi connectivity index (χ0) is 13.4. The van der Waals surface area contributed by atoms with Crippen molar-refractivity contribution in [1.82, 2.24) is 10.6 Å². The SMILES string of the molecule is COCCOCC(C)NC(=O)[C@H]1NCCO[C@@H]1C.Cl. The summed E-state index contributed by atoms with van der Waals surface area (Å²) in [4.78, 5) is 12.0. The second-order valence-electron chi connectivity index (χ2n) is 4.49. The first-order valence-corrected chi connectivity index (χ1v) is 6.37. The molecule has 3 atom stereocenters. The summed E-state index contributed by atoms with van der Waals surface area (Å²) in [6, 6.07) is -0.301. The normalized spacial score (nSPS) is 24.4. The molecule has 1 aliphatic rings. The summed E-state index contributed by atoms with van der Waals surface area (Å²) in [7, 11) is 1.63. The lowest BCUT2D eigenvalue weighted by Gasteiger charge is -2.30. The standard InChI is InChI=1S/C12H24N2O4.ClH/c1-9(8-17-7-6-16-3)14-12(15)11-10(2)18-5-4-13-11;/h9-11,13H,4-8H2,1-3H3,(H,14,15);1H/t9?,10-,11+;/m1./s1. The molecule has 0 spiro atoms. The third-order valence-electron chi connectivity index (χ3n) is 2.79. The Bertz CT molecular complexity index is 256. The van der Waals surface area contributed by atoms with Gasteiger partial charge in [0, 0.05) is 19.7 Å². The summed E-state index contributed by atoms with van der Waals surface area (Å²) < 4.78 is 15.7. The van der Waals surface area contributed by atoms with Crippen molar-refractivity contribution in [3.05, 3.63) is 0 Å². The van der Waals surface area contributed by atoms with Gasteiger partial charge in [0.05, 0.1) is 32.5 Å². The van der Waals surface area contributed by atoms with Gasteiger partial charge in [-0.1, -0.05) is 0 Å². The van der Waals surface area contributed by atoms with Gasteiger partial charge in [-0.05, 0) is 13.8 Å². The lowest BCUT2D eigenvalue weighted by molar-refractivity contribution is -0.130. The van der Waals surface area contributed by atoms with Crippen molar-refractivity contribution in [1.29, 1.82) is 0 Å². The van der Waals surface area contributed by atoms with E-state index in [0.717, 1.165) is 0 Å². The minimum atomic E-state index is -0.278. The van der Waals surface area contributed by atoms with Gasteiger partial charge in [-0.3, -0.25) is 4.79 Å². The lowest BCUT2D eigenvalue weighted by Crippen LogP contribution is -2.57. The molecule has 2 N–H and O–H groups in total. The van der Waals surface area contributed by atoms with E-state index in [1.807, 2.05) is 13.8 Å². The Hall–Kier alpha value is -0.400. The smallest absolute Gasteiger partial charge is 0.240 e. The fraction of sp³-hybridized carbons (Fsp3) is 0.917. The van der Waals surface area contributed by atoms with E-state index < -0.39 is 0 Å². The van der Waals surface area contributed by atoms with Gasteiger partial charge in [0.2, 0.25) is 5.91 Å². The molecule has 7 heteroatoms. The van der Waals surface area contributed by atoms with Crippen molar-refractivity contribution < 1.29 is 19.0 Å². The molecular formula is C12H25ClN2O4. The Morgan fingerprint density at radius 3 is 2.89 bits per heavy atom. The fourth-order valence-electron chi connectivity index (χ4n) is 1.80. The highest BCUT2D eigenvalue weighted by molar-refractivity contribution is 5.85. The van der Waals surface area contributed by atoms with Gasteiger partial charge in [0.15, 0.2) is 0 Å². The predicted octanol–water partition coefficient (Wildman–Crippen LogP) is -0.0472. The topological polar surface area (TPSA) is 68.8 Å². The van der Waals surface area contributed by atoms with E-state index in [4.69, 9.17) is 14.2 Å². The second kappa shape index (κ2) is 10.4. The molecule has 1 amide bonds. The Balaban J connectivity index is 0.00000324. The number of rotatable bonds is 7. The van der Waals surface area contributed by atoms with E-state index in [2.05, 4.69) is 10.6 Å². The van der Waals surface area contributed by atoms with Crippen molar-refractivity contribution in [2.45, 2.75) is 32.0 Å². The summed E-state index contributed by atoms with van der Waals surface area (Å²) in [6.45, 7) is 6.77. The number of hydrogen-bond acceptors (Lipinski definition) is 5. The highest BCUT2D eigenvalue weighted by atomic mass is 35.5. The van der Waals surface area contributed by atoms with E-state index >= 15 is 0 Å². The van der Waals surface area contributed by atoms with E-state index in [1.54, 1.807) is 7.11 Å². The Morgan fingerprint density at radius 1 is 1.53 bits per heavy atom. The number of halogens is 1. The molecule has 1 aliphatic heterocycles. The van der Waals surface area contributed by atoms with Crippen LogP contribution in [0.3, 0.4) is 0 Å². The molecule has 1 saturated heterocycles. The quantitative estimate of drug-likeness (QED) is 0.645. The monoisotopic (exact) mass is 296 g/mol. The molecule has 1 heterocycles. The van der Waals surface area contributed by atoms with Crippen molar-refractivity contribution >= 4 is 18.3 Å². The molecule has 6 nitrogen and oxygen atoms in total. The molecule has 19 heavy (non-hydrogen) atoms. The molecule has 1 rings (SSSR count). The fourth-order valence-corrected chi connectivity index (χ4v) is 1.80. The number of nitrogens with one attached hydrogen (secondary N) is 2. The number of ether oxygens (including phenoxy) is 3. The average Bonchev–Trinajstić information content (AvgIpc) is 2.35. The molecule has 0 saturated carbocycles. The van der Waals surface area contributed by atoms with Crippen LogP contribution < -0.4 is 10.6 Å². The van der Waals surface area contributed by atoms with E-state index in [-0.39, 0.29) is 36.5 Å². The first-order chi connectivity index (χ1) is 8.65. The minimum Gasteiger partial charge on any atom is -0.382 e.